The van der Waals surface area contributed by atoms with E-state index in [2.05, 4.69) is 0 Å². The van der Waals surface area contributed by atoms with Crippen LogP contribution in [0.3, 0.4) is 0 Å². The molecule has 1 aromatic rings. The van der Waals surface area contributed by atoms with Crippen LogP contribution < -0.4 is 4.74 Å². The normalized spacial score (nSPS) is 13.4. The summed E-state index contributed by atoms with van der Waals surface area (Å²) in [6.45, 7) is 7.83. The van der Waals surface area contributed by atoms with E-state index in [0.717, 1.165) is 11.1 Å². The summed E-state index contributed by atoms with van der Waals surface area (Å²) in [6.07, 6.45) is 0.731. The largest absolute Gasteiger partial charge is 0.490 e. The van der Waals surface area contributed by atoms with Gasteiger partial charge in [-0.25, -0.2) is 0 Å². The third-order valence-corrected chi connectivity index (χ3v) is 3.43. The van der Waals surface area contributed by atoms with Crippen LogP contribution in [0, 0.1) is 6.92 Å². The molecule has 3 nitrogen and oxygen atoms in total. The SMILES string of the molecule is CCC(O)(CC)COc1ccc(C)cc1C(C)O. The van der Waals surface area contributed by atoms with Crippen molar-refractivity contribution in [2.24, 2.45) is 0 Å². The molecule has 0 aliphatic carbocycles. The molecule has 1 rings (SSSR count). The molecule has 18 heavy (non-hydrogen) atoms. The van der Waals surface area contributed by atoms with E-state index in [1.165, 1.54) is 0 Å². The molecule has 2 N–H and O–H groups in total. The molecule has 0 amide bonds. The van der Waals surface area contributed by atoms with Gasteiger partial charge >= 0.3 is 0 Å². The Balaban J connectivity index is 2.85. The van der Waals surface area contributed by atoms with Crippen LogP contribution in [-0.4, -0.2) is 22.4 Å². The van der Waals surface area contributed by atoms with E-state index < -0.39 is 11.7 Å². The topological polar surface area (TPSA) is 49.7 Å². The summed E-state index contributed by atoms with van der Waals surface area (Å²) in [4.78, 5) is 0. The fraction of sp³-hybridized carbons (Fsp3) is 0.600. The molecule has 3 heteroatoms. The lowest BCUT2D eigenvalue weighted by atomic mass is 9.99. The van der Waals surface area contributed by atoms with Crippen molar-refractivity contribution in [3.8, 4) is 5.75 Å². The molecule has 1 unspecified atom stereocenters. The number of ether oxygens (including phenoxy) is 1. The number of hydrogen-bond acceptors (Lipinski definition) is 3. The quantitative estimate of drug-likeness (QED) is 0.818. The average molecular weight is 252 g/mol. The summed E-state index contributed by atoms with van der Waals surface area (Å²) in [6, 6.07) is 5.71. The van der Waals surface area contributed by atoms with E-state index in [0.29, 0.717) is 18.6 Å². The standard InChI is InChI=1S/C15H24O3/c1-5-15(17,6-2)10-18-14-8-7-11(3)9-13(14)12(4)16/h7-9,12,16-17H,5-6,10H2,1-4H3. The van der Waals surface area contributed by atoms with Crippen LogP contribution in [0.1, 0.15) is 50.8 Å². The van der Waals surface area contributed by atoms with E-state index in [9.17, 15) is 10.2 Å². The van der Waals surface area contributed by atoms with E-state index in [-0.39, 0.29) is 6.61 Å². The van der Waals surface area contributed by atoms with Gasteiger partial charge in [0.15, 0.2) is 0 Å². The van der Waals surface area contributed by atoms with Gasteiger partial charge in [0.05, 0.1) is 11.7 Å². The summed E-state index contributed by atoms with van der Waals surface area (Å²) >= 11 is 0. The van der Waals surface area contributed by atoms with Gasteiger partial charge in [-0.05, 0) is 38.8 Å². The molecule has 0 fully saturated rings. The number of rotatable bonds is 6. The van der Waals surface area contributed by atoms with Gasteiger partial charge in [-0.15, -0.1) is 0 Å². The minimum atomic E-state index is -0.791. The van der Waals surface area contributed by atoms with Gasteiger partial charge in [0.2, 0.25) is 0 Å². The van der Waals surface area contributed by atoms with Crippen molar-refractivity contribution in [3.63, 3.8) is 0 Å². The second-order valence-corrected chi connectivity index (χ2v) is 4.94. The van der Waals surface area contributed by atoms with Gasteiger partial charge in [0, 0.05) is 5.56 Å². The first-order chi connectivity index (χ1) is 8.41. The van der Waals surface area contributed by atoms with Crippen LogP contribution >= 0.6 is 0 Å². The van der Waals surface area contributed by atoms with Crippen LogP contribution in [0.4, 0.5) is 0 Å². The van der Waals surface area contributed by atoms with Gasteiger partial charge in [0.25, 0.3) is 0 Å². The zero-order valence-corrected chi connectivity index (χ0v) is 11.7. The van der Waals surface area contributed by atoms with Gasteiger partial charge < -0.3 is 14.9 Å². The molecule has 1 atom stereocenters. The summed E-state index contributed by atoms with van der Waals surface area (Å²) in [7, 11) is 0. The first kappa shape index (κ1) is 15.0. The predicted octanol–water partition coefficient (Wildman–Crippen LogP) is 2.98. The van der Waals surface area contributed by atoms with Crippen LogP contribution in [0.25, 0.3) is 0 Å². The molecule has 0 aliphatic rings. The molecule has 0 aromatic heterocycles. The number of aliphatic hydroxyl groups excluding tert-OH is 1. The highest BCUT2D eigenvalue weighted by atomic mass is 16.5. The number of benzene rings is 1. The first-order valence-electron chi connectivity index (χ1n) is 6.55. The number of hydrogen-bond donors (Lipinski definition) is 2. The highest BCUT2D eigenvalue weighted by Gasteiger charge is 2.23. The Bertz CT molecular complexity index is 381. The average Bonchev–Trinajstić information content (AvgIpc) is 2.36. The number of aliphatic hydroxyl groups is 2. The number of aryl methyl sites for hydroxylation is 1. The Morgan fingerprint density at radius 3 is 2.39 bits per heavy atom. The minimum absolute atomic E-state index is 0.253. The third-order valence-electron chi connectivity index (χ3n) is 3.43. The molecule has 102 valence electrons. The Hall–Kier alpha value is -1.06. The molecule has 1 aromatic carbocycles. The smallest absolute Gasteiger partial charge is 0.125 e. The summed E-state index contributed by atoms with van der Waals surface area (Å²) in [5.74, 6) is 0.649. The van der Waals surface area contributed by atoms with E-state index in [1.54, 1.807) is 6.92 Å². The fourth-order valence-electron chi connectivity index (χ4n) is 1.79. The Kier molecular flexibility index (Phi) is 5.17. The lowest BCUT2D eigenvalue weighted by Crippen LogP contribution is -2.34. The maximum atomic E-state index is 10.2. The molecule has 0 heterocycles. The molecule has 0 radical (unpaired) electrons. The van der Waals surface area contributed by atoms with Crippen molar-refractivity contribution in [3.05, 3.63) is 29.3 Å². The minimum Gasteiger partial charge on any atom is -0.490 e. The first-order valence-corrected chi connectivity index (χ1v) is 6.55. The summed E-state index contributed by atoms with van der Waals surface area (Å²) < 4.78 is 5.69. The third kappa shape index (κ3) is 3.72. The second kappa shape index (κ2) is 6.21. The van der Waals surface area contributed by atoms with Crippen molar-refractivity contribution < 1.29 is 14.9 Å². The summed E-state index contributed by atoms with van der Waals surface area (Å²) in [5, 5.41) is 19.9. The fourth-order valence-corrected chi connectivity index (χ4v) is 1.79. The molecule has 0 bridgehead atoms. The zero-order valence-electron chi connectivity index (χ0n) is 11.7. The van der Waals surface area contributed by atoms with Gasteiger partial charge in [0.1, 0.15) is 12.4 Å². The van der Waals surface area contributed by atoms with Crippen LogP contribution in [-0.2, 0) is 0 Å². The second-order valence-electron chi connectivity index (χ2n) is 4.94. The molecular weight excluding hydrogens is 228 g/mol. The van der Waals surface area contributed by atoms with Crippen molar-refractivity contribution in [1.82, 2.24) is 0 Å². The Morgan fingerprint density at radius 1 is 1.28 bits per heavy atom. The predicted molar refractivity (Wildman–Crippen MR) is 72.8 cm³/mol. The van der Waals surface area contributed by atoms with E-state index in [1.807, 2.05) is 39.0 Å². The maximum absolute atomic E-state index is 10.2. The lowest BCUT2D eigenvalue weighted by Gasteiger charge is -2.26. The van der Waals surface area contributed by atoms with Crippen molar-refractivity contribution in [2.45, 2.75) is 52.2 Å². The Labute approximate surface area is 109 Å². The highest BCUT2D eigenvalue weighted by Crippen LogP contribution is 2.27. The van der Waals surface area contributed by atoms with Crippen molar-refractivity contribution in [2.75, 3.05) is 6.61 Å². The van der Waals surface area contributed by atoms with E-state index >= 15 is 0 Å². The van der Waals surface area contributed by atoms with Gasteiger partial charge in [-0.2, -0.15) is 0 Å². The zero-order chi connectivity index (χ0) is 13.8. The van der Waals surface area contributed by atoms with Crippen molar-refractivity contribution in [1.29, 1.82) is 0 Å². The lowest BCUT2D eigenvalue weighted by molar-refractivity contribution is -0.0121. The molecule has 0 spiro atoms. The molecule has 0 saturated carbocycles. The van der Waals surface area contributed by atoms with Gasteiger partial charge in [-0.1, -0.05) is 25.5 Å². The van der Waals surface area contributed by atoms with Gasteiger partial charge in [-0.3, -0.25) is 0 Å². The molecule has 0 aliphatic heterocycles. The Morgan fingerprint density at radius 2 is 1.89 bits per heavy atom. The van der Waals surface area contributed by atoms with Crippen LogP contribution in [0.15, 0.2) is 18.2 Å². The maximum Gasteiger partial charge on any atom is 0.125 e. The van der Waals surface area contributed by atoms with Crippen LogP contribution in [0.5, 0.6) is 5.75 Å². The monoisotopic (exact) mass is 252 g/mol. The molecular formula is C15H24O3. The van der Waals surface area contributed by atoms with Crippen molar-refractivity contribution >= 4 is 0 Å². The van der Waals surface area contributed by atoms with Crippen LogP contribution in [0.2, 0.25) is 0 Å². The highest BCUT2D eigenvalue weighted by molar-refractivity contribution is 5.38. The summed E-state index contributed by atoms with van der Waals surface area (Å²) in [5.41, 5.74) is 1.06. The molecule has 0 saturated heterocycles. The van der Waals surface area contributed by atoms with E-state index in [4.69, 9.17) is 4.74 Å².